The maximum absolute atomic E-state index is 14.6. The second-order valence-corrected chi connectivity index (χ2v) is 7.16. The Kier molecular flexibility index (Phi) is 5.19. The Morgan fingerprint density at radius 1 is 1.32 bits per heavy atom. The van der Waals surface area contributed by atoms with Crippen LogP contribution in [0.15, 0.2) is 23.2 Å². The third-order valence-electron chi connectivity index (χ3n) is 5.05. The van der Waals surface area contributed by atoms with Crippen molar-refractivity contribution >= 4 is 23.5 Å². The highest BCUT2D eigenvalue weighted by atomic mass is 19.4. The molecule has 1 aliphatic heterocycles. The minimum absolute atomic E-state index is 0.152. The fourth-order valence-corrected chi connectivity index (χ4v) is 2.91. The zero-order valence-electron chi connectivity index (χ0n) is 15.6. The number of carbonyl (C=O) groups excluding carboxylic acids is 2. The Morgan fingerprint density at radius 3 is 2.43 bits per heavy atom. The molecule has 11 heteroatoms. The van der Waals surface area contributed by atoms with Crippen LogP contribution in [0.25, 0.3) is 0 Å². The molecule has 0 fully saturated rings. The summed E-state index contributed by atoms with van der Waals surface area (Å²) in [6.07, 6.45) is -8.40. The minimum atomic E-state index is -5.15. The molecule has 0 radical (unpaired) electrons. The number of halogens is 4. The van der Waals surface area contributed by atoms with E-state index >= 15 is 0 Å². The van der Waals surface area contributed by atoms with Gasteiger partial charge in [0.2, 0.25) is 12.0 Å². The van der Waals surface area contributed by atoms with E-state index in [-0.39, 0.29) is 17.2 Å². The van der Waals surface area contributed by atoms with Crippen molar-refractivity contribution < 1.29 is 32.3 Å². The Bertz CT molecular complexity index is 853. The molecule has 0 bridgehead atoms. The monoisotopic (exact) mass is 404 g/mol. The van der Waals surface area contributed by atoms with E-state index in [1.807, 2.05) is 5.32 Å². The summed E-state index contributed by atoms with van der Waals surface area (Å²) in [4.78, 5) is 29.6. The number of guanidine groups is 1. The van der Waals surface area contributed by atoms with E-state index in [9.17, 15) is 27.2 Å². The second-order valence-electron chi connectivity index (χ2n) is 7.16. The van der Waals surface area contributed by atoms with Crippen LogP contribution in [0, 0.1) is 11.2 Å². The predicted molar refractivity (Wildman–Crippen MR) is 92.6 cm³/mol. The Balaban J connectivity index is 2.51. The quantitative estimate of drug-likeness (QED) is 0.667. The molecule has 1 heterocycles. The van der Waals surface area contributed by atoms with Crippen LogP contribution in [0.4, 0.5) is 23.2 Å². The summed E-state index contributed by atoms with van der Waals surface area (Å²) in [7, 11) is 1.41. The van der Waals surface area contributed by atoms with Gasteiger partial charge >= 0.3 is 6.18 Å². The van der Waals surface area contributed by atoms with Crippen LogP contribution in [0.5, 0.6) is 0 Å². The van der Waals surface area contributed by atoms with Crippen LogP contribution in [0.2, 0.25) is 0 Å². The molecule has 1 aliphatic rings. The third kappa shape index (κ3) is 3.41. The summed E-state index contributed by atoms with van der Waals surface area (Å²) in [5, 5.41) is 10.9. The Morgan fingerprint density at radius 2 is 1.89 bits per heavy atom. The van der Waals surface area contributed by atoms with Crippen molar-refractivity contribution in [3.8, 4) is 0 Å². The van der Waals surface area contributed by atoms with Gasteiger partial charge in [0.05, 0.1) is 5.41 Å². The molecule has 2 atom stereocenters. The van der Waals surface area contributed by atoms with Gasteiger partial charge in [-0.25, -0.2) is 9.38 Å². The maximum Gasteiger partial charge on any atom is 0.423 e. The average Bonchev–Trinajstić information content (AvgIpc) is 2.58. The highest BCUT2D eigenvalue weighted by Crippen LogP contribution is 2.47. The summed E-state index contributed by atoms with van der Waals surface area (Å²) >= 11 is 0. The normalized spacial score (nSPS) is 23.2. The van der Waals surface area contributed by atoms with Crippen molar-refractivity contribution in [2.75, 3.05) is 12.4 Å². The number of aliphatic hydroxyl groups is 1. The number of amides is 2. The Hall–Kier alpha value is -2.69. The zero-order valence-corrected chi connectivity index (χ0v) is 15.6. The SMILES string of the molecule is CN1C(=O)C(C)(C)C(C)(c2cc(NC(=O)C(O)C(F)(F)F)ccc2F)N=C1N. The zero-order chi connectivity index (χ0) is 21.7. The van der Waals surface area contributed by atoms with E-state index < -0.39 is 40.9 Å². The van der Waals surface area contributed by atoms with E-state index in [4.69, 9.17) is 10.8 Å². The van der Waals surface area contributed by atoms with Gasteiger partial charge in [0.15, 0.2) is 5.96 Å². The molecule has 2 unspecified atom stereocenters. The van der Waals surface area contributed by atoms with E-state index in [1.165, 1.54) is 27.8 Å². The molecule has 7 nitrogen and oxygen atoms in total. The van der Waals surface area contributed by atoms with Crippen molar-refractivity contribution in [1.82, 2.24) is 4.90 Å². The summed E-state index contributed by atoms with van der Waals surface area (Å²) in [5.41, 5.74) is 2.64. The van der Waals surface area contributed by atoms with Gasteiger partial charge in [0.25, 0.3) is 5.91 Å². The van der Waals surface area contributed by atoms with E-state index in [0.29, 0.717) is 0 Å². The molecule has 4 N–H and O–H groups in total. The fourth-order valence-electron chi connectivity index (χ4n) is 2.91. The molecule has 2 amide bonds. The lowest BCUT2D eigenvalue weighted by atomic mass is 9.67. The maximum atomic E-state index is 14.6. The fraction of sp³-hybridized carbons (Fsp3) is 0.471. The summed E-state index contributed by atoms with van der Waals surface area (Å²) < 4.78 is 52.0. The molecule has 0 aromatic heterocycles. The number of alkyl halides is 3. The van der Waals surface area contributed by atoms with Crippen molar-refractivity contribution in [3.05, 3.63) is 29.6 Å². The lowest BCUT2D eigenvalue weighted by molar-refractivity contribution is -0.202. The number of nitrogens with one attached hydrogen (secondary N) is 1. The molecule has 2 rings (SSSR count). The van der Waals surface area contributed by atoms with Gasteiger partial charge in [-0.2, -0.15) is 13.2 Å². The Labute approximate surface area is 158 Å². The highest BCUT2D eigenvalue weighted by Gasteiger charge is 2.54. The number of aliphatic imine (C=N–C) groups is 1. The smallest absolute Gasteiger partial charge is 0.376 e. The first-order chi connectivity index (χ1) is 12.6. The third-order valence-corrected chi connectivity index (χ3v) is 5.05. The van der Waals surface area contributed by atoms with Crippen molar-refractivity contribution in [2.24, 2.45) is 16.1 Å². The molecule has 1 aromatic rings. The number of anilines is 1. The highest BCUT2D eigenvalue weighted by molar-refractivity contribution is 6.01. The number of carbonyl (C=O) groups is 2. The van der Waals surface area contributed by atoms with E-state index in [0.717, 1.165) is 23.1 Å². The first-order valence-electron chi connectivity index (χ1n) is 8.12. The number of hydrogen-bond donors (Lipinski definition) is 3. The van der Waals surface area contributed by atoms with Crippen LogP contribution in [0.3, 0.4) is 0 Å². The van der Waals surface area contributed by atoms with E-state index in [1.54, 1.807) is 0 Å². The first-order valence-corrected chi connectivity index (χ1v) is 8.12. The average molecular weight is 404 g/mol. The molecule has 0 saturated carbocycles. The van der Waals surface area contributed by atoms with Gasteiger partial charge in [-0.1, -0.05) is 0 Å². The molecule has 1 aromatic carbocycles. The van der Waals surface area contributed by atoms with Crippen LogP contribution in [-0.2, 0) is 15.1 Å². The van der Waals surface area contributed by atoms with E-state index in [2.05, 4.69) is 4.99 Å². The molecule has 0 aliphatic carbocycles. The molecule has 154 valence electrons. The predicted octanol–water partition coefficient (Wildman–Crippen LogP) is 1.72. The topological polar surface area (TPSA) is 108 Å². The van der Waals surface area contributed by atoms with Gasteiger partial charge in [-0.3, -0.25) is 14.5 Å². The number of aliphatic hydroxyl groups excluding tert-OH is 1. The van der Waals surface area contributed by atoms with Gasteiger partial charge in [0, 0.05) is 18.3 Å². The van der Waals surface area contributed by atoms with Crippen LogP contribution < -0.4 is 11.1 Å². The lowest BCUT2D eigenvalue weighted by Crippen LogP contribution is -2.58. The number of rotatable bonds is 3. The van der Waals surface area contributed by atoms with Crippen LogP contribution in [-0.4, -0.2) is 47.1 Å². The lowest BCUT2D eigenvalue weighted by Gasteiger charge is -2.46. The minimum Gasteiger partial charge on any atom is -0.376 e. The molecular weight excluding hydrogens is 384 g/mol. The summed E-state index contributed by atoms with van der Waals surface area (Å²) in [5.74, 6) is -3.12. The number of nitrogens with zero attached hydrogens (tertiary/aromatic N) is 2. The van der Waals surface area contributed by atoms with Gasteiger partial charge < -0.3 is 16.2 Å². The van der Waals surface area contributed by atoms with Crippen molar-refractivity contribution in [1.29, 1.82) is 0 Å². The number of nitrogens with two attached hydrogens (primary N) is 1. The first kappa shape index (κ1) is 21.6. The molecule has 0 spiro atoms. The van der Waals surface area contributed by atoms with Crippen LogP contribution >= 0.6 is 0 Å². The number of benzene rings is 1. The standard InChI is InChI=1S/C17H20F4N4O3/c1-15(2)13(28)25(4)14(22)24-16(15,3)9-7-8(5-6-10(9)18)23-12(27)11(26)17(19,20)21/h5-7,11,26H,1-4H3,(H2,22,24)(H,23,27). The molecule has 0 saturated heterocycles. The van der Waals surface area contributed by atoms with Crippen molar-refractivity contribution in [3.63, 3.8) is 0 Å². The van der Waals surface area contributed by atoms with Crippen molar-refractivity contribution in [2.45, 2.75) is 38.6 Å². The largest absolute Gasteiger partial charge is 0.423 e. The van der Waals surface area contributed by atoms with Gasteiger partial charge in [-0.05, 0) is 39.0 Å². The second kappa shape index (κ2) is 6.73. The summed E-state index contributed by atoms with van der Waals surface area (Å²) in [6, 6.07) is 3.01. The molecular formula is C17H20F4N4O3. The molecule has 28 heavy (non-hydrogen) atoms. The van der Waals surface area contributed by atoms with Gasteiger partial charge in [0.1, 0.15) is 11.4 Å². The van der Waals surface area contributed by atoms with Gasteiger partial charge in [-0.15, -0.1) is 0 Å². The number of hydrogen-bond acceptors (Lipinski definition) is 5. The van der Waals surface area contributed by atoms with Crippen LogP contribution in [0.1, 0.15) is 26.3 Å². The summed E-state index contributed by atoms with van der Waals surface area (Å²) in [6.45, 7) is 4.51.